The van der Waals surface area contributed by atoms with Crippen LogP contribution in [0.5, 0.6) is 0 Å². The highest BCUT2D eigenvalue weighted by atomic mass is 16.5. The highest BCUT2D eigenvalue weighted by Gasteiger charge is 2.58. The van der Waals surface area contributed by atoms with Crippen molar-refractivity contribution in [3.63, 3.8) is 0 Å². The molecule has 0 amide bonds. The Labute approximate surface area is 235 Å². The number of hydrogen-bond donors (Lipinski definition) is 0. The first kappa shape index (κ1) is 26.7. The second-order valence-corrected chi connectivity index (χ2v) is 9.64. The standard InChI is InChI=1S/C35H31NO4/c1-36-32(29(26-18-10-5-11-19-26)27-20-12-6-13-21-27)30(28-22-14-7-15-23-28)31(33(37)39-2)35(36,34(38)40-3)24-25-16-8-4-9-17-25/h4-23H,24H2,1-3H3. The van der Waals surface area contributed by atoms with Crippen molar-refractivity contribution in [1.82, 2.24) is 4.90 Å². The highest BCUT2D eigenvalue weighted by Crippen LogP contribution is 2.51. The average Bonchev–Trinajstić information content (AvgIpc) is 3.27. The minimum Gasteiger partial charge on any atom is -0.467 e. The van der Waals surface area contributed by atoms with E-state index in [0.717, 1.165) is 33.5 Å². The molecule has 5 heteroatoms. The van der Waals surface area contributed by atoms with E-state index in [0.29, 0.717) is 5.57 Å². The van der Waals surface area contributed by atoms with Gasteiger partial charge in [0, 0.05) is 24.6 Å². The molecule has 0 aromatic heterocycles. The van der Waals surface area contributed by atoms with Gasteiger partial charge in [0.25, 0.3) is 0 Å². The van der Waals surface area contributed by atoms with E-state index in [-0.39, 0.29) is 12.0 Å². The van der Waals surface area contributed by atoms with Crippen LogP contribution < -0.4 is 0 Å². The maximum Gasteiger partial charge on any atom is 0.337 e. The summed E-state index contributed by atoms with van der Waals surface area (Å²) in [5.74, 6) is -1.12. The van der Waals surface area contributed by atoms with E-state index in [1.54, 1.807) is 0 Å². The molecule has 0 bridgehead atoms. The number of hydrogen-bond acceptors (Lipinski definition) is 5. The molecule has 5 rings (SSSR count). The number of esters is 2. The van der Waals surface area contributed by atoms with Gasteiger partial charge in [-0.05, 0) is 22.3 Å². The molecule has 0 aliphatic carbocycles. The molecule has 40 heavy (non-hydrogen) atoms. The van der Waals surface area contributed by atoms with Crippen LogP contribution >= 0.6 is 0 Å². The number of rotatable bonds is 7. The monoisotopic (exact) mass is 529 g/mol. The van der Waals surface area contributed by atoms with Crippen LogP contribution in [0.25, 0.3) is 11.1 Å². The van der Waals surface area contributed by atoms with Gasteiger partial charge < -0.3 is 14.4 Å². The number of benzene rings is 4. The molecular formula is C35H31NO4. The van der Waals surface area contributed by atoms with Crippen LogP contribution in [0.15, 0.2) is 133 Å². The SMILES string of the molecule is COC(=O)C1=C(c2ccccc2)C(=C(c2ccccc2)c2ccccc2)N(C)C1(Cc1ccccc1)C(=O)OC. The summed E-state index contributed by atoms with van der Waals surface area (Å²) >= 11 is 0. The summed E-state index contributed by atoms with van der Waals surface area (Å²) in [6.45, 7) is 0. The summed E-state index contributed by atoms with van der Waals surface area (Å²) in [7, 11) is 4.57. The van der Waals surface area contributed by atoms with Crippen molar-refractivity contribution in [3.8, 4) is 0 Å². The molecule has 4 aromatic carbocycles. The maximum absolute atomic E-state index is 14.1. The van der Waals surface area contributed by atoms with E-state index >= 15 is 0 Å². The van der Waals surface area contributed by atoms with Crippen LogP contribution in [-0.4, -0.2) is 43.6 Å². The van der Waals surface area contributed by atoms with Crippen LogP contribution in [-0.2, 0) is 25.5 Å². The minimum absolute atomic E-state index is 0.206. The third-order valence-electron chi connectivity index (χ3n) is 7.45. The molecule has 5 nitrogen and oxygen atoms in total. The Bertz CT molecular complexity index is 1520. The summed E-state index contributed by atoms with van der Waals surface area (Å²) in [4.78, 5) is 29.9. The van der Waals surface area contributed by atoms with Crippen molar-refractivity contribution in [2.24, 2.45) is 0 Å². The van der Waals surface area contributed by atoms with E-state index in [1.807, 2.05) is 133 Å². The molecule has 0 radical (unpaired) electrons. The molecule has 0 spiro atoms. The van der Waals surface area contributed by atoms with Gasteiger partial charge in [-0.2, -0.15) is 0 Å². The summed E-state index contributed by atoms with van der Waals surface area (Å²) in [6.07, 6.45) is 0.206. The fourth-order valence-electron chi connectivity index (χ4n) is 5.63. The average molecular weight is 530 g/mol. The van der Waals surface area contributed by atoms with Gasteiger partial charge in [-0.1, -0.05) is 121 Å². The lowest BCUT2D eigenvalue weighted by atomic mass is 9.81. The van der Waals surface area contributed by atoms with Crippen LogP contribution in [0, 0.1) is 0 Å². The summed E-state index contributed by atoms with van der Waals surface area (Å²) < 4.78 is 10.9. The molecule has 1 unspecified atom stereocenters. The van der Waals surface area contributed by atoms with Gasteiger partial charge in [0.1, 0.15) is 0 Å². The smallest absolute Gasteiger partial charge is 0.337 e. The van der Waals surface area contributed by atoms with Crippen molar-refractivity contribution in [1.29, 1.82) is 0 Å². The van der Waals surface area contributed by atoms with E-state index in [1.165, 1.54) is 14.2 Å². The third kappa shape index (κ3) is 4.60. The second kappa shape index (κ2) is 11.5. The molecule has 0 saturated heterocycles. The number of carbonyl (C=O) groups excluding carboxylic acids is 2. The number of nitrogens with zero attached hydrogens (tertiary/aromatic N) is 1. The van der Waals surface area contributed by atoms with Crippen molar-refractivity contribution < 1.29 is 19.1 Å². The normalized spacial score (nSPS) is 16.6. The zero-order chi connectivity index (χ0) is 28.1. The molecule has 0 N–H and O–H groups in total. The Balaban J connectivity index is 1.97. The maximum atomic E-state index is 14.1. The van der Waals surface area contributed by atoms with E-state index in [2.05, 4.69) is 0 Å². The largest absolute Gasteiger partial charge is 0.467 e. The molecule has 4 aromatic rings. The van der Waals surface area contributed by atoms with Crippen LogP contribution in [0.4, 0.5) is 0 Å². The zero-order valence-corrected chi connectivity index (χ0v) is 22.8. The van der Waals surface area contributed by atoms with Crippen molar-refractivity contribution in [2.75, 3.05) is 21.3 Å². The summed E-state index contributed by atoms with van der Waals surface area (Å²) in [6, 6.07) is 39.4. The lowest BCUT2D eigenvalue weighted by Crippen LogP contribution is -2.54. The predicted molar refractivity (Wildman–Crippen MR) is 157 cm³/mol. The van der Waals surface area contributed by atoms with Gasteiger partial charge in [0.15, 0.2) is 5.54 Å². The number of allylic oxidation sites excluding steroid dienone is 1. The van der Waals surface area contributed by atoms with Crippen molar-refractivity contribution in [3.05, 3.63) is 155 Å². The van der Waals surface area contributed by atoms with Gasteiger partial charge >= 0.3 is 11.9 Å². The second-order valence-electron chi connectivity index (χ2n) is 9.64. The van der Waals surface area contributed by atoms with E-state index in [4.69, 9.17) is 9.47 Å². The van der Waals surface area contributed by atoms with Crippen LogP contribution in [0.1, 0.15) is 22.3 Å². The molecular weight excluding hydrogens is 498 g/mol. The van der Waals surface area contributed by atoms with E-state index in [9.17, 15) is 9.59 Å². The molecule has 1 atom stereocenters. The lowest BCUT2D eigenvalue weighted by Gasteiger charge is -2.37. The molecule has 200 valence electrons. The lowest BCUT2D eigenvalue weighted by molar-refractivity contribution is -0.153. The molecule has 0 fully saturated rings. The molecule has 1 aliphatic rings. The minimum atomic E-state index is -1.49. The predicted octanol–water partition coefficient (Wildman–Crippen LogP) is 6.17. The molecule has 1 heterocycles. The third-order valence-corrected chi connectivity index (χ3v) is 7.45. The first-order valence-corrected chi connectivity index (χ1v) is 13.1. The number of likely N-dealkylation sites (N-methyl/N-ethyl adjacent to an activating group) is 1. The number of carbonyl (C=O) groups is 2. The van der Waals surface area contributed by atoms with Crippen LogP contribution in [0.3, 0.4) is 0 Å². The van der Waals surface area contributed by atoms with Gasteiger partial charge in [-0.15, -0.1) is 0 Å². The Morgan fingerprint density at radius 2 is 1.15 bits per heavy atom. The van der Waals surface area contributed by atoms with Gasteiger partial charge in [-0.3, -0.25) is 0 Å². The fraction of sp³-hybridized carbons (Fsp3) is 0.143. The Morgan fingerprint density at radius 1 is 0.675 bits per heavy atom. The van der Waals surface area contributed by atoms with Crippen LogP contribution in [0.2, 0.25) is 0 Å². The van der Waals surface area contributed by atoms with Gasteiger partial charge in [0.05, 0.1) is 25.5 Å². The fourth-order valence-corrected chi connectivity index (χ4v) is 5.63. The first-order valence-electron chi connectivity index (χ1n) is 13.1. The summed E-state index contributed by atoms with van der Waals surface area (Å²) in [5, 5.41) is 0. The Hall–Kier alpha value is -4.90. The van der Waals surface area contributed by atoms with Crippen molar-refractivity contribution >= 4 is 23.1 Å². The Morgan fingerprint density at radius 3 is 1.62 bits per heavy atom. The van der Waals surface area contributed by atoms with E-state index < -0.39 is 17.5 Å². The molecule has 0 saturated carbocycles. The topological polar surface area (TPSA) is 55.8 Å². The quantitative estimate of drug-likeness (QED) is 0.268. The zero-order valence-electron chi connectivity index (χ0n) is 22.8. The molecule has 1 aliphatic heterocycles. The first-order chi connectivity index (χ1) is 19.5. The Kier molecular flexibility index (Phi) is 7.65. The number of methoxy groups -OCH3 is 2. The summed E-state index contributed by atoms with van der Waals surface area (Å²) in [5.41, 5.74) is 4.62. The van der Waals surface area contributed by atoms with Gasteiger partial charge in [0.2, 0.25) is 0 Å². The van der Waals surface area contributed by atoms with Gasteiger partial charge in [-0.25, -0.2) is 9.59 Å². The number of ether oxygens (including phenoxy) is 2. The highest BCUT2D eigenvalue weighted by molar-refractivity contribution is 6.15. The van der Waals surface area contributed by atoms with Crippen molar-refractivity contribution in [2.45, 2.75) is 12.0 Å².